The second kappa shape index (κ2) is 5.23. The van der Waals surface area contributed by atoms with Gasteiger partial charge in [0.25, 0.3) is 0 Å². The predicted octanol–water partition coefficient (Wildman–Crippen LogP) is 2.35. The highest BCUT2D eigenvalue weighted by atomic mass is 15.6. The number of hydrazone groups is 1. The first kappa shape index (κ1) is 11.3. The Kier molecular flexibility index (Phi) is 4.23. The summed E-state index contributed by atoms with van der Waals surface area (Å²) in [6.45, 7) is 7.85. The molecular weight excluding hydrogens is 174 g/mol. The number of hydrogen-bond donors (Lipinski definition) is 0. The van der Waals surface area contributed by atoms with E-state index in [4.69, 9.17) is 0 Å². The summed E-state index contributed by atoms with van der Waals surface area (Å²) in [5.74, 6) is 0.730. The van der Waals surface area contributed by atoms with Crippen molar-refractivity contribution in [2.24, 2.45) is 11.0 Å². The van der Waals surface area contributed by atoms with E-state index in [-0.39, 0.29) is 0 Å². The van der Waals surface area contributed by atoms with Crippen molar-refractivity contribution in [3.8, 4) is 0 Å². The molecule has 0 radical (unpaired) electrons. The third kappa shape index (κ3) is 2.89. The smallest absolute Gasteiger partial charge is 0.119 e. The quantitative estimate of drug-likeness (QED) is 0.673. The minimum absolute atomic E-state index is 0.488. The van der Waals surface area contributed by atoms with Crippen LogP contribution in [0.25, 0.3) is 0 Å². The molecule has 0 aromatic heterocycles. The van der Waals surface area contributed by atoms with E-state index in [1.807, 2.05) is 6.34 Å². The molecule has 0 bridgehead atoms. The largest absolute Gasteiger partial charge is 0.343 e. The summed E-state index contributed by atoms with van der Waals surface area (Å²) in [5, 5.41) is 6.65. The van der Waals surface area contributed by atoms with Crippen molar-refractivity contribution in [3.63, 3.8) is 0 Å². The highest BCUT2D eigenvalue weighted by Gasteiger charge is 2.24. The molecule has 3 heteroatoms. The summed E-state index contributed by atoms with van der Waals surface area (Å²) in [6, 6.07) is 0. The van der Waals surface area contributed by atoms with Crippen molar-refractivity contribution in [2.45, 2.75) is 46.2 Å². The zero-order valence-electron chi connectivity index (χ0n) is 9.90. The van der Waals surface area contributed by atoms with Gasteiger partial charge < -0.3 is 4.90 Å². The maximum atomic E-state index is 4.42. The van der Waals surface area contributed by atoms with Gasteiger partial charge in [-0.05, 0) is 18.8 Å². The molecule has 1 aliphatic heterocycles. The molecule has 0 spiro atoms. The van der Waals surface area contributed by atoms with Gasteiger partial charge in [0.2, 0.25) is 0 Å². The molecule has 0 amide bonds. The lowest BCUT2D eigenvalue weighted by Crippen LogP contribution is -2.38. The Hall–Kier alpha value is -0.730. The Balaban J connectivity index is 2.43. The zero-order chi connectivity index (χ0) is 10.6. The topological polar surface area (TPSA) is 18.8 Å². The Bertz CT molecular complexity index is 189. The molecule has 0 aliphatic carbocycles. The van der Waals surface area contributed by atoms with Crippen LogP contribution >= 0.6 is 0 Å². The molecular formula is C11H23N3. The molecule has 0 fully saturated rings. The summed E-state index contributed by atoms with van der Waals surface area (Å²) in [5.41, 5.74) is 0. The van der Waals surface area contributed by atoms with Gasteiger partial charge in [-0.15, -0.1) is 0 Å². The van der Waals surface area contributed by atoms with Crippen LogP contribution in [0, 0.1) is 5.92 Å². The molecule has 0 aromatic carbocycles. The highest BCUT2D eigenvalue weighted by Crippen LogP contribution is 2.18. The number of unbranched alkanes of at least 4 members (excludes halogenated alkanes) is 1. The van der Waals surface area contributed by atoms with Crippen molar-refractivity contribution in [1.29, 1.82) is 0 Å². The lowest BCUT2D eigenvalue weighted by atomic mass is 10.1. The second-order valence-corrected chi connectivity index (χ2v) is 4.52. The van der Waals surface area contributed by atoms with Gasteiger partial charge in [0.1, 0.15) is 12.5 Å². The second-order valence-electron chi connectivity index (χ2n) is 4.52. The molecule has 0 saturated heterocycles. The van der Waals surface area contributed by atoms with Crippen LogP contribution < -0.4 is 0 Å². The molecule has 82 valence electrons. The monoisotopic (exact) mass is 197 g/mol. The van der Waals surface area contributed by atoms with Gasteiger partial charge in [0, 0.05) is 13.6 Å². The summed E-state index contributed by atoms with van der Waals surface area (Å²) in [4.78, 5) is 2.22. The van der Waals surface area contributed by atoms with Crippen LogP contribution in [0.5, 0.6) is 0 Å². The summed E-state index contributed by atoms with van der Waals surface area (Å²) >= 11 is 0. The molecule has 0 N–H and O–H groups in total. The van der Waals surface area contributed by atoms with Gasteiger partial charge in [0.05, 0.1) is 0 Å². The van der Waals surface area contributed by atoms with E-state index in [0.29, 0.717) is 6.17 Å². The molecule has 1 unspecified atom stereocenters. The van der Waals surface area contributed by atoms with Crippen molar-refractivity contribution in [1.82, 2.24) is 9.91 Å². The Morgan fingerprint density at radius 3 is 2.71 bits per heavy atom. The summed E-state index contributed by atoms with van der Waals surface area (Å²) in [6.07, 6.45) is 6.11. The maximum absolute atomic E-state index is 4.42. The summed E-state index contributed by atoms with van der Waals surface area (Å²) in [7, 11) is 2.11. The van der Waals surface area contributed by atoms with Crippen LogP contribution in [0.3, 0.4) is 0 Å². The lowest BCUT2D eigenvalue weighted by Gasteiger charge is -2.29. The van der Waals surface area contributed by atoms with E-state index in [0.717, 1.165) is 12.5 Å². The minimum Gasteiger partial charge on any atom is -0.343 e. The standard InChI is InChI=1S/C11H23N3/c1-5-6-7-14-11(8-10(2)3)13(4)9-12-14/h9-11H,5-8H2,1-4H3. The van der Waals surface area contributed by atoms with E-state index < -0.39 is 0 Å². The fourth-order valence-corrected chi connectivity index (χ4v) is 1.75. The van der Waals surface area contributed by atoms with E-state index >= 15 is 0 Å². The van der Waals surface area contributed by atoms with Crippen molar-refractivity contribution in [2.75, 3.05) is 13.6 Å². The Morgan fingerprint density at radius 1 is 1.43 bits per heavy atom. The predicted molar refractivity (Wildman–Crippen MR) is 61.1 cm³/mol. The van der Waals surface area contributed by atoms with Crippen LogP contribution in [0.1, 0.15) is 40.0 Å². The van der Waals surface area contributed by atoms with Gasteiger partial charge in [-0.2, -0.15) is 5.10 Å². The van der Waals surface area contributed by atoms with Crippen LogP contribution in [-0.4, -0.2) is 36.0 Å². The molecule has 1 atom stereocenters. The third-order valence-corrected chi connectivity index (χ3v) is 2.62. The van der Waals surface area contributed by atoms with E-state index in [1.54, 1.807) is 0 Å². The van der Waals surface area contributed by atoms with Gasteiger partial charge in [-0.3, -0.25) is 5.01 Å². The van der Waals surface area contributed by atoms with E-state index in [2.05, 4.69) is 42.8 Å². The van der Waals surface area contributed by atoms with Crippen molar-refractivity contribution >= 4 is 6.34 Å². The van der Waals surface area contributed by atoms with Gasteiger partial charge in [-0.1, -0.05) is 27.2 Å². The molecule has 3 nitrogen and oxygen atoms in total. The normalized spacial score (nSPS) is 21.4. The van der Waals surface area contributed by atoms with Gasteiger partial charge in [-0.25, -0.2) is 0 Å². The Labute approximate surface area is 87.8 Å². The fourth-order valence-electron chi connectivity index (χ4n) is 1.75. The number of rotatable bonds is 5. The van der Waals surface area contributed by atoms with Gasteiger partial charge >= 0.3 is 0 Å². The summed E-state index contributed by atoms with van der Waals surface area (Å²) < 4.78 is 0. The third-order valence-electron chi connectivity index (χ3n) is 2.62. The average molecular weight is 197 g/mol. The first-order valence-corrected chi connectivity index (χ1v) is 5.67. The molecule has 1 aliphatic rings. The first-order chi connectivity index (χ1) is 6.65. The number of nitrogens with zero attached hydrogens (tertiary/aromatic N) is 3. The Morgan fingerprint density at radius 2 is 2.14 bits per heavy atom. The van der Waals surface area contributed by atoms with Crippen LogP contribution in [0.2, 0.25) is 0 Å². The molecule has 0 aromatic rings. The van der Waals surface area contributed by atoms with Gasteiger partial charge in [0.15, 0.2) is 0 Å². The zero-order valence-corrected chi connectivity index (χ0v) is 9.90. The first-order valence-electron chi connectivity index (χ1n) is 5.67. The van der Waals surface area contributed by atoms with E-state index in [9.17, 15) is 0 Å². The van der Waals surface area contributed by atoms with Crippen LogP contribution in [-0.2, 0) is 0 Å². The fraction of sp³-hybridized carbons (Fsp3) is 0.909. The van der Waals surface area contributed by atoms with Crippen molar-refractivity contribution < 1.29 is 0 Å². The lowest BCUT2D eigenvalue weighted by molar-refractivity contribution is 0.123. The number of hydrogen-bond acceptors (Lipinski definition) is 3. The van der Waals surface area contributed by atoms with Crippen molar-refractivity contribution in [3.05, 3.63) is 0 Å². The highest BCUT2D eigenvalue weighted by molar-refractivity contribution is 5.56. The molecule has 1 heterocycles. The molecule has 14 heavy (non-hydrogen) atoms. The molecule has 0 saturated carbocycles. The molecule has 1 rings (SSSR count). The SMILES string of the molecule is CCCCN1N=CN(C)C1CC(C)C. The van der Waals surface area contributed by atoms with Crippen LogP contribution in [0.15, 0.2) is 5.10 Å². The minimum atomic E-state index is 0.488. The maximum Gasteiger partial charge on any atom is 0.119 e. The average Bonchev–Trinajstić information content (AvgIpc) is 2.45. The van der Waals surface area contributed by atoms with E-state index in [1.165, 1.54) is 19.3 Å². The van der Waals surface area contributed by atoms with Crippen LogP contribution in [0.4, 0.5) is 0 Å².